The van der Waals surface area contributed by atoms with Crippen molar-refractivity contribution in [1.82, 2.24) is 4.72 Å². The molecule has 0 saturated heterocycles. The van der Waals surface area contributed by atoms with E-state index in [9.17, 15) is 8.42 Å². The molecule has 3 rings (SSSR count). The summed E-state index contributed by atoms with van der Waals surface area (Å²) in [7, 11) is -3.56. The molecule has 1 atom stereocenters. The Labute approximate surface area is 150 Å². The Bertz CT molecular complexity index is 842. The first-order valence-corrected chi connectivity index (χ1v) is 9.63. The number of hydrogen-bond acceptors (Lipinski definition) is 4. The summed E-state index contributed by atoms with van der Waals surface area (Å²) in [6.45, 7) is 0.392. The fraction of sp³-hybridized carbons (Fsp3) is 0.250. The molecular formula is C16H15Cl2NO4S. The summed E-state index contributed by atoms with van der Waals surface area (Å²) in [5.41, 5.74) is 0.486. The molecule has 1 aliphatic heterocycles. The van der Waals surface area contributed by atoms with E-state index in [4.69, 9.17) is 32.7 Å². The van der Waals surface area contributed by atoms with Gasteiger partial charge in [-0.25, -0.2) is 13.1 Å². The van der Waals surface area contributed by atoms with Crippen LogP contribution in [0.4, 0.5) is 0 Å². The molecule has 0 saturated carbocycles. The van der Waals surface area contributed by atoms with Crippen molar-refractivity contribution in [3.05, 3.63) is 58.1 Å². The molecule has 0 aliphatic carbocycles. The lowest BCUT2D eigenvalue weighted by Gasteiger charge is -2.26. The summed E-state index contributed by atoms with van der Waals surface area (Å²) < 4.78 is 38.3. The minimum atomic E-state index is -3.56. The van der Waals surface area contributed by atoms with Crippen molar-refractivity contribution in [3.8, 4) is 11.5 Å². The lowest BCUT2D eigenvalue weighted by atomic mass is 10.2. The molecular weight excluding hydrogens is 373 g/mol. The number of fused-ring (bicyclic) bond motifs is 1. The molecule has 0 radical (unpaired) electrons. The van der Waals surface area contributed by atoms with E-state index in [1.54, 1.807) is 24.3 Å². The molecule has 128 valence electrons. The summed E-state index contributed by atoms with van der Waals surface area (Å²) in [5.74, 6) is 1.03. The van der Waals surface area contributed by atoms with Crippen LogP contribution in [0, 0.1) is 0 Å². The summed E-state index contributed by atoms with van der Waals surface area (Å²) in [5, 5.41) is 0.777. The molecule has 0 amide bonds. The summed E-state index contributed by atoms with van der Waals surface area (Å²) in [6.07, 6.45) is -0.393. The zero-order valence-electron chi connectivity index (χ0n) is 12.5. The molecule has 5 nitrogen and oxygen atoms in total. The van der Waals surface area contributed by atoms with Crippen LogP contribution < -0.4 is 14.2 Å². The molecule has 0 unspecified atom stereocenters. The minimum absolute atomic E-state index is 0.113. The van der Waals surface area contributed by atoms with Crippen molar-refractivity contribution in [3.63, 3.8) is 0 Å². The van der Waals surface area contributed by atoms with Crippen LogP contribution in [0.3, 0.4) is 0 Å². The van der Waals surface area contributed by atoms with E-state index >= 15 is 0 Å². The maximum absolute atomic E-state index is 12.2. The zero-order valence-corrected chi connectivity index (χ0v) is 14.9. The second-order valence-corrected chi connectivity index (χ2v) is 7.99. The van der Waals surface area contributed by atoms with E-state index in [0.29, 0.717) is 27.1 Å². The van der Waals surface area contributed by atoms with Gasteiger partial charge in [-0.05, 0) is 29.8 Å². The van der Waals surface area contributed by atoms with Gasteiger partial charge < -0.3 is 9.47 Å². The Kier molecular flexibility index (Phi) is 5.20. The fourth-order valence-electron chi connectivity index (χ4n) is 2.28. The van der Waals surface area contributed by atoms with Gasteiger partial charge in [0.25, 0.3) is 0 Å². The van der Waals surface area contributed by atoms with Crippen LogP contribution in [0.1, 0.15) is 5.56 Å². The second-order valence-electron chi connectivity index (χ2n) is 5.34. The average Bonchev–Trinajstić information content (AvgIpc) is 2.55. The third-order valence-corrected chi connectivity index (χ3v) is 5.34. The first kappa shape index (κ1) is 17.4. The minimum Gasteiger partial charge on any atom is -0.486 e. The van der Waals surface area contributed by atoms with Gasteiger partial charge in [0.1, 0.15) is 12.7 Å². The summed E-state index contributed by atoms with van der Waals surface area (Å²) in [4.78, 5) is 0. The van der Waals surface area contributed by atoms with Crippen LogP contribution in [0.2, 0.25) is 10.0 Å². The molecule has 24 heavy (non-hydrogen) atoms. The quantitative estimate of drug-likeness (QED) is 0.854. The topological polar surface area (TPSA) is 64.6 Å². The number of rotatable bonds is 5. The van der Waals surface area contributed by atoms with Gasteiger partial charge in [0.2, 0.25) is 10.0 Å². The first-order valence-electron chi connectivity index (χ1n) is 7.23. The van der Waals surface area contributed by atoms with Gasteiger partial charge in [-0.3, -0.25) is 0 Å². The lowest BCUT2D eigenvalue weighted by Crippen LogP contribution is -2.41. The number of ether oxygens (including phenoxy) is 2. The van der Waals surface area contributed by atoms with Crippen molar-refractivity contribution in [2.45, 2.75) is 11.9 Å². The van der Waals surface area contributed by atoms with Crippen molar-refractivity contribution >= 4 is 33.2 Å². The van der Waals surface area contributed by atoms with Crippen LogP contribution >= 0.6 is 23.2 Å². The number of halogens is 2. The van der Waals surface area contributed by atoms with Gasteiger partial charge in [0.05, 0.1) is 12.3 Å². The molecule has 2 aromatic rings. The van der Waals surface area contributed by atoms with Gasteiger partial charge >= 0.3 is 0 Å². The summed E-state index contributed by atoms with van der Waals surface area (Å²) in [6, 6.07) is 12.0. The van der Waals surface area contributed by atoms with Gasteiger partial charge in [-0.1, -0.05) is 41.4 Å². The van der Waals surface area contributed by atoms with Gasteiger partial charge in [-0.15, -0.1) is 0 Å². The molecule has 1 aliphatic rings. The number of hydrogen-bond donors (Lipinski definition) is 1. The highest BCUT2D eigenvalue weighted by Gasteiger charge is 2.23. The molecule has 0 spiro atoms. The third-order valence-electron chi connectivity index (χ3n) is 3.46. The van der Waals surface area contributed by atoms with E-state index in [-0.39, 0.29) is 18.9 Å². The highest BCUT2D eigenvalue weighted by molar-refractivity contribution is 7.88. The van der Waals surface area contributed by atoms with Gasteiger partial charge in [0, 0.05) is 10.0 Å². The van der Waals surface area contributed by atoms with Crippen LogP contribution in [-0.4, -0.2) is 27.7 Å². The maximum Gasteiger partial charge on any atom is 0.215 e. The highest BCUT2D eigenvalue weighted by atomic mass is 35.5. The highest BCUT2D eigenvalue weighted by Crippen LogP contribution is 2.30. The number of sulfonamides is 1. The predicted molar refractivity (Wildman–Crippen MR) is 93.4 cm³/mol. The largest absolute Gasteiger partial charge is 0.486 e. The smallest absolute Gasteiger partial charge is 0.215 e. The fourth-order valence-corrected chi connectivity index (χ4v) is 4.04. The molecule has 0 fully saturated rings. The average molecular weight is 388 g/mol. The molecule has 0 aromatic heterocycles. The lowest BCUT2D eigenvalue weighted by molar-refractivity contribution is 0.0943. The Hall–Kier alpha value is -1.47. The van der Waals surface area contributed by atoms with Crippen LogP contribution in [0.5, 0.6) is 11.5 Å². The normalized spacial score (nSPS) is 16.8. The Morgan fingerprint density at radius 2 is 1.88 bits per heavy atom. The second kappa shape index (κ2) is 7.19. The number of nitrogens with one attached hydrogen (secondary N) is 1. The van der Waals surface area contributed by atoms with Crippen molar-refractivity contribution < 1.29 is 17.9 Å². The Morgan fingerprint density at radius 3 is 2.62 bits per heavy atom. The monoisotopic (exact) mass is 387 g/mol. The van der Waals surface area contributed by atoms with Gasteiger partial charge in [0.15, 0.2) is 11.5 Å². The van der Waals surface area contributed by atoms with E-state index in [1.165, 1.54) is 6.07 Å². The van der Waals surface area contributed by atoms with Crippen molar-refractivity contribution in [2.75, 3.05) is 13.2 Å². The Morgan fingerprint density at radius 1 is 1.12 bits per heavy atom. The van der Waals surface area contributed by atoms with Crippen molar-refractivity contribution in [1.29, 1.82) is 0 Å². The molecule has 0 bridgehead atoms. The van der Waals surface area contributed by atoms with E-state index < -0.39 is 16.1 Å². The number of para-hydroxylation sites is 2. The Balaban J connectivity index is 1.60. The maximum atomic E-state index is 12.2. The van der Waals surface area contributed by atoms with E-state index in [1.807, 2.05) is 12.1 Å². The predicted octanol–water partition coefficient (Wildman–Crippen LogP) is 3.25. The van der Waals surface area contributed by atoms with Crippen LogP contribution in [0.25, 0.3) is 0 Å². The summed E-state index contributed by atoms with van der Waals surface area (Å²) >= 11 is 11.8. The van der Waals surface area contributed by atoms with E-state index in [0.717, 1.165) is 0 Å². The van der Waals surface area contributed by atoms with E-state index in [2.05, 4.69) is 4.72 Å². The molecule has 8 heteroatoms. The molecule has 1 N–H and O–H groups in total. The zero-order chi connectivity index (χ0) is 17.2. The van der Waals surface area contributed by atoms with Crippen LogP contribution in [-0.2, 0) is 15.8 Å². The molecule has 2 aromatic carbocycles. The first-order chi connectivity index (χ1) is 11.4. The van der Waals surface area contributed by atoms with Crippen molar-refractivity contribution in [2.24, 2.45) is 0 Å². The third kappa shape index (κ3) is 4.33. The van der Waals surface area contributed by atoms with Gasteiger partial charge in [-0.2, -0.15) is 0 Å². The standard InChI is InChI=1S/C16H15Cl2NO4S/c17-12-6-5-11(14(18)7-12)10-24(20,21)19-8-13-9-22-15-3-1-2-4-16(15)23-13/h1-7,13,19H,8-10H2/t13-/m1/s1. The van der Waals surface area contributed by atoms with Crippen LogP contribution in [0.15, 0.2) is 42.5 Å². The number of benzene rings is 2. The molecule has 1 heterocycles. The SMILES string of the molecule is O=S(=O)(Cc1ccc(Cl)cc1Cl)NC[C@@H]1COc2ccccc2O1.